The van der Waals surface area contributed by atoms with Gasteiger partial charge in [-0.2, -0.15) is 0 Å². The highest BCUT2D eigenvalue weighted by Gasteiger charge is 2.26. The first-order chi connectivity index (χ1) is 18.6. The Bertz CT molecular complexity index is 613. The van der Waals surface area contributed by atoms with Crippen LogP contribution in [0.4, 0.5) is 0 Å². The molecule has 0 aromatic carbocycles. The molecule has 0 amide bonds. The summed E-state index contributed by atoms with van der Waals surface area (Å²) in [5.74, 6) is -0.321. The second-order valence-corrected chi connectivity index (χ2v) is 13.3. The van der Waals surface area contributed by atoms with E-state index in [1.165, 1.54) is 77.0 Å². The van der Waals surface area contributed by atoms with Crippen molar-refractivity contribution in [2.24, 2.45) is 0 Å². The number of phosphoric ester groups is 1. The number of hydrogen-bond donors (Lipinski definition) is 1. The fourth-order valence-corrected chi connectivity index (χ4v) is 4.88. The molecule has 0 fully saturated rings. The number of quaternary nitrogens is 1. The van der Waals surface area contributed by atoms with E-state index in [-0.39, 0.29) is 25.8 Å². The molecular formula is C30H63NO7P+. The highest BCUT2D eigenvalue weighted by Crippen LogP contribution is 2.43. The molecule has 0 aromatic rings. The third-order valence-corrected chi connectivity index (χ3v) is 7.65. The van der Waals surface area contributed by atoms with E-state index in [1.807, 2.05) is 21.1 Å². The average Bonchev–Trinajstić information content (AvgIpc) is 2.86. The Hall–Kier alpha value is -0.500. The van der Waals surface area contributed by atoms with Crippen LogP contribution in [-0.2, 0) is 27.9 Å². The molecule has 1 N–H and O–H groups in total. The van der Waals surface area contributed by atoms with Crippen molar-refractivity contribution in [1.29, 1.82) is 0 Å². The molecule has 0 aliphatic heterocycles. The lowest BCUT2D eigenvalue weighted by Crippen LogP contribution is -2.37. The van der Waals surface area contributed by atoms with Crippen LogP contribution in [0, 0.1) is 0 Å². The number of likely N-dealkylation sites (N-methyl/N-ethyl adjacent to an activating group) is 1. The Kier molecular flexibility index (Phi) is 24.9. The Morgan fingerprint density at radius 1 is 0.692 bits per heavy atom. The molecule has 0 heterocycles. The van der Waals surface area contributed by atoms with Gasteiger partial charge in [-0.15, -0.1) is 0 Å². The van der Waals surface area contributed by atoms with E-state index < -0.39 is 13.9 Å². The van der Waals surface area contributed by atoms with E-state index in [1.54, 1.807) is 0 Å². The van der Waals surface area contributed by atoms with Crippen LogP contribution < -0.4 is 0 Å². The Morgan fingerprint density at radius 2 is 1.18 bits per heavy atom. The minimum Gasteiger partial charge on any atom is -0.457 e. The van der Waals surface area contributed by atoms with Gasteiger partial charge in [0.05, 0.1) is 34.4 Å². The van der Waals surface area contributed by atoms with E-state index >= 15 is 0 Å². The molecule has 8 nitrogen and oxygen atoms in total. The number of unbranched alkanes of at least 4 members (excludes halogenated alkanes) is 15. The van der Waals surface area contributed by atoms with Crippen molar-refractivity contribution in [3.8, 4) is 0 Å². The maximum atomic E-state index is 12.4. The smallest absolute Gasteiger partial charge is 0.457 e. The van der Waals surface area contributed by atoms with Gasteiger partial charge in [-0.3, -0.25) is 13.8 Å². The summed E-state index contributed by atoms with van der Waals surface area (Å²) >= 11 is 0. The predicted molar refractivity (Wildman–Crippen MR) is 160 cm³/mol. The Labute approximate surface area is 240 Å². The molecule has 0 rings (SSSR count). The summed E-state index contributed by atoms with van der Waals surface area (Å²) in [7, 11) is 1.67. The standard InChI is InChI=1S/C30H62NO7P/c1-6-8-10-12-14-15-16-18-20-22-25-35-27-29(28-37-39(33,34)36-26-24-31(3,4)5)38-30(32)23-21-19-17-13-11-9-7-2/h29H,6-28H2,1-5H3/p+1. The van der Waals surface area contributed by atoms with Crippen molar-refractivity contribution in [3.63, 3.8) is 0 Å². The fourth-order valence-electron chi connectivity index (χ4n) is 4.14. The van der Waals surface area contributed by atoms with Gasteiger partial charge < -0.3 is 18.9 Å². The second-order valence-electron chi connectivity index (χ2n) is 11.9. The van der Waals surface area contributed by atoms with E-state index in [0.29, 0.717) is 24.1 Å². The molecule has 0 radical (unpaired) electrons. The highest BCUT2D eigenvalue weighted by atomic mass is 31.2. The van der Waals surface area contributed by atoms with Crippen molar-refractivity contribution >= 4 is 13.8 Å². The molecule has 0 spiro atoms. The number of hydrogen-bond acceptors (Lipinski definition) is 6. The zero-order valence-corrected chi connectivity index (χ0v) is 27.0. The molecular weight excluding hydrogens is 517 g/mol. The maximum absolute atomic E-state index is 12.4. The number of nitrogens with zero attached hydrogens (tertiary/aromatic N) is 1. The Morgan fingerprint density at radius 3 is 1.69 bits per heavy atom. The van der Waals surface area contributed by atoms with Crippen molar-refractivity contribution in [2.75, 3.05) is 54.1 Å². The van der Waals surface area contributed by atoms with Gasteiger partial charge in [0.2, 0.25) is 0 Å². The van der Waals surface area contributed by atoms with Crippen molar-refractivity contribution in [2.45, 2.75) is 136 Å². The lowest BCUT2D eigenvalue weighted by atomic mass is 10.1. The number of phosphoric acid groups is 1. The van der Waals surface area contributed by atoms with Gasteiger partial charge in [0.1, 0.15) is 19.3 Å². The molecule has 0 aliphatic carbocycles. The molecule has 0 aliphatic rings. The summed E-state index contributed by atoms with van der Waals surface area (Å²) < 4.78 is 34.5. The van der Waals surface area contributed by atoms with Gasteiger partial charge >= 0.3 is 13.8 Å². The summed E-state index contributed by atoms with van der Waals surface area (Å²) in [5, 5.41) is 0. The molecule has 2 unspecified atom stereocenters. The van der Waals surface area contributed by atoms with E-state index in [2.05, 4.69) is 13.8 Å². The maximum Gasteiger partial charge on any atom is 0.472 e. The van der Waals surface area contributed by atoms with Gasteiger partial charge in [-0.05, 0) is 12.8 Å². The molecule has 39 heavy (non-hydrogen) atoms. The molecule has 0 saturated heterocycles. The van der Waals surface area contributed by atoms with Crippen LogP contribution in [0.5, 0.6) is 0 Å². The number of carbonyl (C=O) groups is 1. The topological polar surface area (TPSA) is 91.3 Å². The molecule has 2 atom stereocenters. The van der Waals surface area contributed by atoms with Gasteiger partial charge in [0, 0.05) is 13.0 Å². The first kappa shape index (κ1) is 38.5. The van der Waals surface area contributed by atoms with E-state index in [0.717, 1.165) is 32.1 Å². The SMILES string of the molecule is CCCCCCCCCCCCOCC(COP(=O)(O)OCC[N+](C)(C)C)OC(=O)CCCCCCCCC. The highest BCUT2D eigenvalue weighted by molar-refractivity contribution is 7.47. The third kappa shape index (κ3) is 28.8. The van der Waals surface area contributed by atoms with Crippen molar-refractivity contribution in [1.82, 2.24) is 0 Å². The van der Waals surface area contributed by atoms with Crippen LogP contribution in [0.2, 0.25) is 0 Å². The number of carbonyl (C=O) groups excluding carboxylic acids is 1. The summed E-state index contributed by atoms with van der Waals surface area (Å²) in [6, 6.07) is 0. The third-order valence-electron chi connectivity index (χ3n) is 6.67. The summed E-state index contributed by atoms with van der Waals surface area (Å²) in [4.78, 5) is 22.5. The van der Waals surface area contributed by atoms with E-state index in [9.17, 15) is 14.3 Å². The molecule has 0 aromatic heterocycles. The summed E-state index contributed by atoms with van der Waals surface area (Å²) in [6.45, 7) is 5.57. The largest absolute Gasteiger partial charge is 0.472 e. The van der Waals surface area contributed by atoms with Crippen molar-refractivity contribution < 1.29 is 37.3 Å². The van der Waals surface area contributed by atoms with Gasteiger partial charge in [-0.1, -0.05) is 110 Å². The zero-order chi connectivity index (χ0) is 29.2. The van der Waals surface area contributed by atoms with Crippen LogP contribution in [0.3, 0.4) is 0 Å². The van der Waals surface area contributed by atoms with Gasteiger partial charge in [0.25, 0.3) is 0 Å². The minimum absolute atomic E-state index is 0.0925. The number of esters is 1. The van der Waals surface area contributed by atoms with Crippen LogP contribution in [-0.4, -0.2) is 75.6 Å². The van der Waals surface area contributed by atoms with Gasteiger partial charge in [-0.25, -0.2) is 4.57 Å². The average molecular weight is 581 g/mol. The van der Waals surface area contributed by atoms with Crippen LogP contribution in [0.25, 0.3) is 0 Å². The lowest BCUT2D eigenvalue weighted by Gasteiger charge is -2.24. The normalized spacial score (nSPS) is 14.3. The van der Waals surface area contributed by atoms with Crippen LogP contribution >= 0.6 is 7.82 Å². The zero-order valence-electron chi connectivity index (χ0n) is 26.1. The summed E-state index contributed by atoms with van der Waals surface area (Å²) in [5.41, 5.74) is 0. The predicted octanol–water partition coefficient (Wildman–Crippen LogP) is 7.82. The fraction of sp³-hybridized carbons (Fsp3) is 0.967. The Balaban J connectivity index is 4.35. The van der Waals surface area contributed by atoms with E-state index in [4.69, 9.17) is 18.5 Å². The minimum atomic E-state index is -4.24. The number of rotatable bonds is 29. The molecule has 0 bridgehead atoms. The van der Waals surface area contributed by atoms with Crippen LogP contribution in [0.15, 0.2) is 0 Å². The molecule has 9 heteroatoms. The summed E-state index contributed by atoms with van der Waals surface area (Å²) in [6.07, 6.45) is 19.9. The van der Waals surface area contributed by atoms with Gasteiger partial charge in [0.15, 0.2) is 0 Å². The quantitative estimate of drug-likeness (QED) is 0.0417. The monoisotopic (exact) mass is 580 g/mol. The number of ether oxygens (including phenoxy) is 2. The van der Waals surface area contributed by atoms with Crippen LogP contribution in [0.1, 0.15) is 129 Å². The first-order valence-electron chi connectivity index (χ1n) is 15.8. The molecule has 234 valence electrons. The first-order valence-corrected chi connectivity index (χ1v) is 17.3. The lowest BCUT2D eigenvalue weighted by molar-refractivity contribution is -0.870. The molecule has 0 saturated carbocycles. The second kappa shape index (κ2) is 25.2. The van der Waals surface area contributed by atoms with Crippen molar-refractivity contribution in [3.05, 3.63) is 0 Å².